The van der Waals surface area contributed by atoms with E-state index in [1.54, 1.807) is 0 Å². The van der Waals surface area contributed by atoms with E-state index in [1.807, 2.05) is 0 Å². The van der Waals surface area contributed by atoms with Crippen LogP contribution in [-0.4, -0.2) is 43.0 Å². The Hall–Kier alpha value is -0.610. The highest BCUT2D eigenvalue weighted by atomic mass is 16.1. The van der Waals surface area contributed by atoms with E-state index in [1.165, 1.54) is 38.8 Å². The van der Waals surface area contributed by atoms with Gasteiger partial charge in [-0.15, -0.1) is 0 Å². The molecule has 1 saturated carbocycles. The van der Waals surface area contributed by atoms with Gasteiger partial charge in [-0.25, -0.2) is 0 Å². The van der Waals surface area contributed by atoms with Crippen molar-refractivity contribution in [3.8, 4) is 0 Å². The average molecular weight is 253 g/mol. The molecule has 1 aliphatic carbocycles. The number of carbonyl (C=O) groups excluding carboxylic acids is 1. The van der Waals surface area contributed by atoms with Crippen LogP contribution >= 0.6 is 0 Å². The molecule has 1 amide bonds. The fourth-order valence-corrected chi connectivity index (χ4v) is 2.74. The van der Waals surface area contributed by atoms with Crippen LogP contribution < -0.4 is 11.1 Å². The molecule has 0 aromatic heterocycles. The second-order valence-electron chi connectivity index (χ2n) is 6.12. The Morgan fingerprint density at radius 3 is 2.67 bits per heavy atom. The first-order chi connectivity index (χ1) is 8.65. The molecule has 2 atom stereocenters. The van der Waals surface area contributed by atoms with Crippen molar-refractivity contribution in [1.29, 1.82) is 0 Å². The van der Waals surface area contributed by atoms with E-state index in [0.29, 0.717) is 18.3 Å². The number of hydrogen-bond acceptors (Lipinski definition) is 3. The first-order valence-corrected chi connectivity index (χ1v) is 7.40. The maximum absolute atomic E-state index is 11.7. The summed E-state index contributed by atoms with van der Waals surface area (Å²) in [5, 5.41) is 3.02. The van der Waals surface area contributed by atoms with Gasteiger partial charge < -0.3 is 16.0 Å². The van der Waals surface area contributed by atoms with Gasteiger partial charge in [-0.3, -0.25) is 4.79 Å². The van der Waals surface area contributed by atoms with Gasteiger partial charge in [0.05, 0.1) is 0 Å². The van der Waals surface area contributed by atoms with Gasteiger partial charge in [-0.2, -0.15) is 0 Å². The van der Waals surface area contributed by atoms with Gasteiger partial charge >= 0.3 is 0 Å². The van der Waals surface area contributed by atoms with E-state index >= 15 is 0 Å². The molecule has 2 rings (SSSR count). The summed E-state index contributed by atoms with van der Waals surface area (Å²) in [5.41, 5.74) is 5.95. The van der Waals surface area contributed by atoms with Crippen LogP contribution in [0.15, 0.2) is 0 Å². The molecule has 0 aromatic rings. The number of amides is 1. The number of likely N-dealkylation sites (tertiary alicyclic amines) is 1. The predicted octanol–water partition coefficient (Wildman–Crippen LogP) is 0.962. The minimum Gasteiger partial charge on any atom is -0.356 e. The Labute approximate surface area is 110 Å². The van der Waals surface area contributed by atoms with E-state index in [0.717, 1.165) is 13.1 Å². The summed E-state index contributed by atoms with van der Waals surface area (Å²) in [6.45, 7) is 6.55. The van der Waals surface area contributed by atoms with Crippen LogP contribution in [0.2, 0.25) is 0 Å². The Balaban J connectivity index is 1.56. The van der Waals surface area contributed by atoms with E-state index < -0.39 is 0 Å². The molecule has 2 unspecified atom stereocenters. The SMILES string of the molecule is CC(CNC(=O)CC(N)C1CC1)CN1CCCC1. The minimum absolute atomic E-state index is 0.0823. The summed E-state index contributed by atoms with van der Waals surface area (Å²) in [6, 6.07) is 0.0823. The third-order valence-electron chi connectivity index (χ3n) is 4.06. The van der Waals surface area contributed by atoms with Gasteiger partial charge in [0.25, 0.3) is 0 Å². The molecule has 1 saturated heterocycles. The zero-order valence-corrected chi connectivity index (χ0v) is 11.5. The summed E-state index contributed by atoms with van der Waals surface area (Å²) in [7, 11) is 0. The molecule has 1 aliphatic heterocycles. The van der Waals surface area contributed by atoms with Gasteiger partial charge in [-0.05, 0) is 50.6 Å². The van der Waals surface area contributed by atoms with Crippen molar-refractivity contribution >= 4 is 5.91 Å². The molecular weight excluding hydrogens is 226 g/mol. The Bertz CT molecular complexity index is 272. The van der Waals surface area contributed by atoms with Crippen molar-refractivity contribution in [3.63, 3.8) is 0 Å². The summed E-state index contributed by atoms with van der Waals surface area (Å²) < 4.78 is 0. The highest BCUT2D eigenvalue weighted by Gasteiger charge is 2.29. The Morgan fingerprint density at radius 2 is 2.06 bits per heavy atom. The molecule has 4 nitrogen and oxygen atoms in total. The van der Waals surface area contributed by atoms with Crippen LogP contribution in [-0.2, 0) is 4.79 Å². The van der Waals surface area contributed by atoms with Crippen molar-refractivity contribution in [2.75, 3.05) is 26.2 Å². The number of rotatable bonds is 7. The summed E-state index contributed by atoms with van der Waals surface area (Å²) >= 11 is 0. The van der Waals surface area contributed by atoms with Crippen LogP contribution in [0.25, 0.3) is 0 Å². The molecule has 0 spiro atoms. The topological polar surface area (TPSA) is 58.4 Å². The molecule has 4 heteroatoms. The minimum atomic E-state index is 0.0823. The third kappa shape index (κ3) is 4.58. The summed E-state index contributed by atoms with van der Waals surface area (Å²) in [6.07, 6.45) is 5.57. The van der Waals surface area contributed by atoms with Gasteiger partial charge in [0.2, 0.25) is 5.91 Å². The van der Waals surface area contributed by atoms with E-state index in [2.05, 4.69) is 17.1 Å². The number of hydrogen-bond donors (Lipinski definition) is 2. The zero-order chi connectivity index (χ0) is 13.0. The van der Waals surface area contributed by atoms with Gasteiger partial charge in [0.15, 0.2) is 0 Å². The number of nitrogens with zero attached hydrogens (tertiary/aromatic N) is 1. The lowest BCUT2D eigenvalue weighted by atomic mass is 10.1. The molecule has 3 N–H and O–H groups in total. The molecule has 0 bridgehead atoms. The maximum atomic E-state index is 11.7. The van der Waals surface area contributed by atoms with E-state index in [-0.39, 0.29) is 11.9 Å². The average Bonchev–Trinajstić information content (AvgIpc) is 3.07. The number of nitrogens with one attached hydrogen (secondary N) is 1. The normalized spacial score (nSPS) is 23.9. The summed E-state index contributed by atoms with van der Waals surface area (Å²) in [5.74, 6) is 1.27. The molecule has 2 fully saturated rings. The fraction of sp³-hybridized carbons (Fsp3) is 0.929. The van der Waals surface area contributed by atoms with Crippen molar-refractivity contribution < 1.29 is 4.79 Å². The predicted molar refractivity (Wildman–Crippen MR) is 73.2 cm³/mol. The van der Waals surface area contributed by atoms with Crippen molar-refractivity contribution in [2.45, 2.75) is 45.1 Å². The lowest BCUT2D eigenvalue weighted by molar-refractivity contribution is -0.121. The van der Waals surface area contributed by atoms with Crippen LogP contribution in [0.1, 0.15) is 39.0 Å². The van der Waals surface area contributed by atoms with Crippen LogP contribution in [0.3, 0.4) is 0 Å². The molecule has 1 heterocycles. The second kappa shape index (κ2) is 6.53. The molecule has 2 aliphatic rings. The van der Waals surface area contributed by atoms with Crippen LogP contribution in [0.4, 0.5) is 0 Å². The third-order valence-corrected chi connectivity index (χ3v) is 4.06. The quantitative estimate of drug-likeness (QED) is 0.710. The second-order valence-corrected chi connectivity index (χ2v) is 6.12. The monoisotopic (exact) mass is 253 g/mol. The van der Waals surface area contributed by atoms with E-state index in [9.17, 15) is 4.79 Å². The number of carbonyl (C=O) groups is 1. The Morgan fingerprint density at radius 1 is 1.39 bits per heavy atom. The molecule has 0 radical (unpaired) electrons. The lowest BCUT2D eigenvalue weighted by Crippen LogP contribution is -2.37. The first kappa shape index (κ1) is 13.8. The van der Waals surface area contributed by atoms with Gasteiger partial charge in [0.1, 0.15) is 0 Å². The molecule has 104 valence electrons. The lowest BCUT2D eigenvalue weighted by Gasteiger charge is -2.20. The molecule has 0 aromatic carbocycles. The van der Waals surface area contributed by atoms with Crippen LogP contribution in [0, 0.1) is 11.8 Å². The maximum Gasteiger partial charge on any atom is 0.221 e. The Kier molecular flexibility index (Phi) is 5.01. The smallest absolute Gasteiger partial charge is 0.221 e. The standard InChI is InChI=1S/C14H27N3O/c1-11(10-17-6-2-3-7-17)9-16-14(18)8-13(15)12-4-5-12/h11-13H,2-10,15H2,1H3,(H,16,18). The van der Waals surface area contributed by atoms with Gasteiger partial charge in [-0.1, -0.05) is 6.92 Å². The van der Waals surface area contributed by atoms with Crippen LogP contribution in [0.5, 0.6) is 0 Å². The molecule has 18 heavy (non-hydrogen) atoms. The largest absolute Gasteiger partial charge is 0.356 e. The summed E-state index contributed by atoms with van der Waals surface area (Å²) in [4.78, 5) is 14.2. The molecular formula is C14H27N3O. The van der Waals surface area contributed by atoms with Gasteiger partial charge in [0, 0.05) is 25.6 Å². The van der Waals surface area contributed by atoms with Crippen molar-refractivity contribution in [3.05, 3.63) is 0 Å². The first-order valence-electron chi connectivity index (χ1n) is 7.40. The van der Waals surface area contributed by atoms with Crippen molar-refractivity contribution in [2.24, 2.45) is 17.6 Å². The number of nitrogens with two attached hydrogens (primary N) is 1. The highest BCUT2D eigenvalue weighted by Crippen LogP contribution is 2.32. The van der Waals surface area contributed by atoms with Crippen molar-refractivity contribution in [1.82, 2.24) is 10.2 Å². The highest BCUT2D eigenvalue weighted by molar-refractivity contribution is 5.76. The zero-order valence-electron chi connectivity index (χ0n) is 11.5. The van der Waals surface area contributed by atoms with E-state index in [4.69, 9.17) is 5.73 Å². The fourth-order valence-electron chi connectivity index (χ4n) is 2.74.